The minimum atomic E-state index is -0.270. The largest absolute Gasteiger partial charge is 0.497 e. The molecule has 3 aromatic rings. The van der Waals surface area contributed by atoms with E-state index in [0.717, 1.165) is 11.3 Å². The molecule has 5 nitrogen and oxygen atoms in total. The van der Waals surface area contributed by atoms with Crippen molar-refractivity contribution >= 4 is 11.8 Å². The van der Waals surface area contributed by atoms with Crippen LogP contribution in [0.2, 0.25) is 0 Å². The first-order chi connectivity index (χ1) is 11.7. The molecule has 0 atom stereocenters. The van der Waals surface area contributed by atoms with Crippen LogP contribution in [0.5, 0.6) is 5.75 Å². The topological polar surface area (TPSA) is 66.0 Å². The van der Waals surface area contributed by atoms with Gasteiger partial charge >= 0.3 is 0 Å². The molecule has 2 N–H and O–H groups in total. The molecule has 1 heterocycles. The zero-order chi connectivity index (χ0) is 16.9. The molecule has 3 rings (SSSR count). The fraction of sp³-hybridized carbons (Fsp3) is 0.176. The molecule has 0 saturated carbocycles. The molecule has 0 unspecified atom stereocenters. The molecule has 0 aliphatic rings. The summed E-state index contributed by atoms with van der Waals surface area (Å²) in [6.45, 7) is 0. The number of aromatic nitrogens is 3. The Balaban J connectivity index is 1.67. The number of ether oxygens (including phenoxy) is 1. The molecule has 24 heavy (non-hydrogen) atoms. The molecule has 1 aromatic heterocycles. The Kier molecular flexibility index (Phi) is 5.00. The van der Waals surface area contributed by atoms with E-state index in [-0.39, 0.29) is 5.82 Å². The lowest BCUT2D eigenvalue weighted by atomic mass is 10.1. The third kappa shape index (κ3) is 3.68. The standard InChI is InChI=1S/C17H17FN4OS/c1-23-14-8-6-12(7-9-14)11-24-17-21-20-16(22(17)19)10-13-4-2-3-5-15(13)18/h2-9H,10-11,19H2,1H3. The van der Waals surface area contributed by atoms with Gasteiger partial charge in [0, 0.05) is 12.2 Å². The molecule has 0 saturated heterocycles. The van der Waals surface area contributed by atoms with Gasteiger partial charge in [-0.2, -0.15) is 0 Å². The SMILES string of the molecule is COc1ccc(CSc2nnc(Cc3ccccc3F)n2N)cc1. The minimum absolute atomic E-state index is 0.270. The molecule has 0 fully saturated rings. The lowest BCUT2D eigenvalue weighted by Gasteiger charge is -2.05. The quantitative estimate of drug-likeness (QED) is 0.550. The van der Waals surface area contributed by atoms with Gasteiger partial charge in [-0.3, -0.25) is 0 Å². The third-order valence-corrected chi connectivity index (χ3v) is 4.58. The highest BCUT2D eigenvalue weighted by molar-refractivity contribution is 7.98. The highest BCUT2D eigenvalue weighted by atomic mass is 32.2. The number of benzene rings is 2. The van der Waals surface area contributed by atoms with Crippen LogP contribution in [0.4, 0.5) is 4.39 Å². The first-order valence-electron chi connectivity index (χ1n) is 7.36. The molecule has 2 aromatic carbocycles. The van der Waals surface area contributed by atoms with Gasteiger partial charge in [0.1, 0.15) is 11.6 Å². The van der Waals surface area contributed by atoms with Gasteiger partial charge in [0.25, 0.3) is 0 Å². The predicted octanol–water partition coefficient (Wildman–Crippen LogP) is 3.02. The van der Waals surface area contributed by atoms with E-state index in [1.54, 1.807) is 25.3 Å². The number of nitrogens with zero attached hydrogens (tertiary/aromatic N) is 3. The molecule has 0 amide bonds. The summed E-state index contributed by atoms with van der Waals surface area (Å²) in [5.41, 5.74) is 1.67. The van der Waals surface area contributed by atoms with Gasteiger partial charge < -0.3 is 10.6 Å². The summed E-state index contributed by atoms with van der Waals surface area (Å²) in [7, 11) is 1.64. The highest BCUT2D eigenvalue weighted by Crippen LogP contribution is 2.22. The number of methoxy groups -OCH3 is 1. The molecular formula is C17H17FN4OS. The zero-order valence-electron chi connectivity index (χ0n) is 13.1. The van der Waals surface area contributed by atoms with E-state index in [4.69, 9.17) is 10.6 Å². The van der Waals surface area contributed by atoms with Gasteiger partial charge in [0.15, 0.2) is 5.82 Å². The van der Waals surface area contributed by atoms with Crippen molar-refractivity contribution in [3.8, 4) is 5.75 Å². The summed E-state index contributed by atoms with van der Waals surface area (Å²) in [6, 6.07) is 14.4. The molecule has 7 heteroatoms. The van der Waals surface area contributed by atoms with Crippen LogP contribution in [0.1, 0.15) is 17.0 Å². The summed E-state index contributed by atoms with van der Waals surface area (Å²) in [6.07, 6.45) is 0.305. The lowest BCUT2D eigenvalue weighted by Crippen LogP contribution is -2.14. The van der Waals surface area contributed by atoms with E-state index in [1.807, 2.05) is 24.3 Å². The monoisotopic (exact) mass is 344 g/mol. The summed E-state index contributed by atoms with van der Waals surface area (Å²) in [4.78, 5) is 0. The van der Waals surface area contributed by atoms with Crippen LogP contribution in [-0.2, 0) is 12.2 Å². The average molecular weight is 344 g/mol. The minimum Gasteiger partial charge on any atom is -0.497 e. The van der Waals surface area contributed by atoms with Crippen molar-refractivity contribution in [1.82, 2.24) is 14.9 Å². The smallest absolute Gasteiger partial charge is 0.210 e. The molecule has 0 aliphatic heterocycles. The van der Waals surface area contributed by atoms with E-state index in [2.05, 4.69) is 10.2 Å². The summed E-state index contributed by atoms with van der Waals surface area (Å²) < 4.78 is 20.3. The number of hydrogen-bond donors (Lipinski definition) is 1. The Bertz CT molecular complexity index is 820. The Morgan fingerprint density at radius 2 is 1.88 bits per heavy atom. The van der Waals surface area contributed by atoms with Crippen molar-refractivity contribution < 1.29 is 9.13 Å². The molecule has 124 valence electrons. The van der Waals surface area contributed by atoms with E-state index in [0.29, 0.717) is 28.7 Å². The molecular weight excluding hydrogens is 327 g/mol. The van der Waals surface area contributed by atoms with Crippen LogP contribution >= 0.6 is 11.8 Å². The maximum absolute atomic E-state index is 13.7. The third-order valence-electron chi connectivity index (χ3n) is 3.57. The Hall–Kier alpha value is -2.54. The van der Waals surface area contributed by atoms with Gasteiger partial charge in [-0.05, 0) is 29.3 Å². The second-order valence-electron chi connectivity index (χ2n) is 5.17. The van der Waals surface area contributed by atoms with Gasteiger partial charge in [-0.1, -0.05) is 42.1 Å². The van der Waals surface area contributed by atoms with Crippen molar-refractivity contribution in [3.63, 3.8) is 0 Å². The van der Waals surface area contributed by atoms with Crippen molar-refractivity contribution in [2.75, 3.05) is 13.0 Å². The number of nitrogen functional groups attached to an aromatic ring is 1. The first-order valence-corrected chi connectivity index (χ1v) is 8.34. The molecule has 0 bridgehead atoms. The number of thioether (sulfide) groups is 1. The summed E-state index contributed by atoms with van der Waals surface area (Å²) >= 11 is 1.48. The van der Waals surface area contributed by atoms with Crippen LogP contribution in [0.3, 0.4) is 0 Å². The highest BCUT2D eigenvalue weighted by Gasteiger charge is 2.12. The predicted molar refractivity (Wildman–Crippen MR) is 91.9 cm³/mol. The fourth-order valence-electron chi connectivity index (χ4n) is 2.21. The van der Waals surface area contributed by atoms with Gasteiger partial charge in [-0.25, -0.2) is 9.07 Å². The Labute approximate surface area is 143 Å². The number of rotatable bonds is 6. The second kappa shape index (κ2) is 7.35. The van der Waals surface area contributed by atoms with Crippen molar-refractivity contribution in [3.05, 3.63) is 71.3 Å². The van der Waals surface area contributed by atoms with Crippen LogP contribution in [0.15, 0.2) is 53.7 Å². The van der Waals surface area contributed by atoms with Crippen molar-refractivity contribution in [1.29, 1.82) is 0 Å². The van der Waals surface area contributed by atoms with E-state index >= 15 is 0 Å². The van der Waals surface area contributed by atoms with Crippen LogP contribution < -0.4 is 10.6 Å². The zero-order valence-corrected chi connectivity index (χ0v) is 14.0. The maximum atomic E-state index is 13.7. The van der Waals surface area contributed by atoms with Crippen LogP contribution in [0.25, 0.3) is 0 Å². The molecule has 0 radical (unpaired) electrons. The van der Waals surface area contributed by atoms with Crippen LogP contribution in [-0.4, -0.2) is 22.0 Å². The lowest BCUT2D eigenvalue weighted by molar-refractivity contribution is 0.414. The van der Waals surface area contributed by atoms with Gasteiger partial charge in [-0.15, -0.1) is 10.2 Å². The average Bonchev–Trinajstić information content (AvgIpc) is 2.95. The molecule has 0 spiro atoms. The van der Waals surface area contributed by atoms with Crippen molar-refractivity contribution in [2.45, 2.75) is 17.3 Å². The normalized spacial score (nSPS) is 10.8. The van der Waals surface area contributed by atoms with Crippen molar-refractivity contribution in [2.24, 2.45) is 0 Å². The number of hydrogen-bond acceptors (Lipinski definition) is 5. The van der Waals surface area contributed by atoms with Crippen LogP contribution in [0, 0.1) is 5.82 Å². The first kappa shape index (κ1) is 16.3. The maximum Gasteiger partial charge on any atom is 0.210 e. The van der Waals surface area contributed by atoms with Gasteiger partial charge in [0.05, 0.1) is 7.11 Å². The van der Waals surface area contributed by atoms with E-state index < -0.39 is 0 Å². The van der Waals surface area contributed by atoms with E-state index in [1.165, 1.54) is 22.5 Å². The second-order valence-corrected chi connectivity index (χ2v) is 6.12. The van der Waals surface area contributed by atoms with E-state index in [9.17, 15) is 4.39 Å². The molecule has 0 aliphatic carbocycles. The van der Waals surface area contributed by atoms with Gasteiger partial charge in [0.2, 0.25) is 5.16 Å². The Morgan fingerprint density at radius 3 is 2.58 bits per heavy atom. The fourth-order valence-corrected chi connectivity index (χ4v) is 3.04. The number of nitrogens with two attached hydrogens (primary N) is 1. The summed E-state index contributed by atoms with van der Waals surface area (Å²) in [5.74, 6) is 7.82. The summed E-state index contributed by atoms with van der Waals surface area (Å²) in [5, 5.41) is 8.76. The number of halogens is 1. The Morgan fingerprint density at radius 1 is 1.12 bits per heavy atom.